The fourth-order valence-corrected chi connectivity index (χ4v) is 1.88. The molecule has 1 atom stereocenters. The molecular weight excluding hydrogens is 250 g/mol. The van der Waals surface area contributed by atoms with Gasteiger partial charge in [0, 0.05) is 13.0 Å². The molecule has 6 nitrogen and oxygen atoms in total. The lowest BCUT2D eigenvalue weighted by Crippen LogP contribution is -2.50. The topological polar surface area (TPSA) is 76.1 Å². The number of esters is 1. The molecule has 1 fully saturated rings. The Morgan fingerprint density at radius 1 is 1.37 bits per heavy atom. The number of aliphatic hydroxyl groups is 1. The molecule has 0 aromatic rings. The Morgan fingerprint density at radius 3 is 2.63 bits per heavy atom. The number of nitrogens with zero attached hydrogens (tertiary/aromatic N) is 1. The Morgan fingerprint density at radius 2 is 2.05 bits per heavy atom. The summed E-state index contributed by atoms with van der Waals surface area (Å²) in [5.41, 5.74) is -0.535. The van der Waals surface area contributed by atoms with E-state index in [0.29, 0.717) is 19.8 Å². The van der Waals surface area contributed by atoms with E-state index in [-0.39, 0.29) is 37.4 Å². The molecule has 0 spiro atoms. The van der Waals surface area contributed by atoms with Crippen LogP contribution < -0.4 is 0 Å². The molecule has 1 unspecified atom stereocenters. The molecule has 6 heteroatoms. The number of morpholine rings is 1. The van der Waals surface area contributed by atoms with E-state index in [0.717, 1.165) is 0 Å². The van der Waals surface area contributed by atoms with Crippen molar-refractivity contribution in [3.05, 3.63) is 0 Å². The van der Waals surface area contributed by atoms with Gasteiger partial charge in [-0.1, -0.05) is 0 Å². The SMILES string of the molecule is CC(C)(C)OC(=O)CCC(=O)N1CCOCC1CO. The third-order valence-electron chi connectivity index (χ3n) is 2.72. The molecule has 19 heavy (non-hydrogen) atoms. The molecule has 1 saturated heterocycles. The maximum absolute atomic E-state index is 12.0. The molecular formula is C13H23NO5. The lowest BCUT2D eigenvalue weighted by molar-refractivity contribution is -0.157. The number of carbonyl (C=O) groups is 2. The third-order valence-corrected chi connectivity index (χ3v) is 2.72. The molecule has 1 amide bonds. The minimum absolute atomic E-state index is 0.0611. The summed E-state index contributed by atoms with van der Waals surface area (Å²) in [5.74, 6) is -0.525. The van der Waals surface area contributed by atoms with Crippen molar-refractivity contribution in [2.75, 3.05) is 26.4 Å². The van der Waals surface area contributed by atoms with E-state index in [9.17, 15) is 14.7 Å². The van der Waals surface area contributed by atoms with Crippen LogP contribution in [-0.4, -0.2) is 59.9 Å². The number of aliphatic hydroxyl groups excluding tert-OH is 1. The van der Waals surface area contributed by atoms with Gasteiger partial charge >= 0.3 is 5.97 Å². The Hall–Kier alpha value is -1.14. The van der Waals surface area contributed by atoms with Gasteiger partial charge in [0.1, 0.15) is 5.60 Å². The molecule has 0 aromatic carbocycles. The van der Waals surface area contributed by atoms with Gasteiger partial charge in [0.05, 0.1) is 32.3 Å². The normalized spacial score (nSPS) is 20.2. The largest absolute Gasteiger partial charge is 0.460 e. The predicted molar refractivity (Wildman–Crippen MR) is 68.5 cm³/mol. The highest BCUT2D eigenvalue weighted by Gasteiger charge is 2.27. The van der Waals surface area contributed by atoms with Crippen LogP contribution in [0.15, 0.2) is 0 Å². The summed E-state index contributed by atoms with van der Waals surface area (Å²) in [7, 11) is 0. The zero-order chi connectivity index (χ0) is 14.5. The number of amides is 1. The van der Waals surface area contributed by atoms with Gasteiger partial charge in [-0.15, -0.1) is 0 Å². The molecule has 1 heterocycles. The maximum Gasteiger partial charge on any atom is 0.306 e. The van der Waals surface area contributed by atoms with Crippen LogP contribution in [0, 0.1) is 0 Å². The average molecular weight is 273 g/mol. The minimum atomic E-state index is -0.535. The Bertz CT molecular complexity index is 323. The fourth-order valence-electron chi connectivity index (χ4n) is 1.88. The van der Waals surface area contributed by atoms with E-state index in [1.165, 1.54) is 0 Å². The quantitative estimate of drug-likeness (QED) is 0.747. The van der Waals surface area contributed by atoms with Crippen LogP contribution in [0.2, 0.25) is 0 Å². The van der Waals surface area contributed by atoms with Crippen molar-refractivity contribution in [1.82, 2.24) is 4.90 Å². The summed E-state index contributed by atoms with van der Waals surface area (Å²) in [4.78, 5) is 25.1. The van der Waals surface area contributed by atoms with Crippen molar-refractivity contribution in [1.29, 1.82) is 0 Å². The Kier molecular flexibility index (Phi) is 5.75. The molecule has 0 radical (unpaired) electrons. The maximum atomic E-state index is 12.0. The highest BCUT2D eigenvalue weighted by Crippen LogP contribution is 2.12. The summed E-state index contributed by atoms with van der Waals surface area (Å²) in [6.45, 7) is 6.50. The number of rotatable bonds is 4. The first-order chi connectivity index (χ1) is 8.83. The number of carbonyl (C=O) groups excluding carboxylic acids is 2. The number of hydrogen-bond acceptors (Lipinski definition) is 5. The van der Waals surface area contributed by atoms with E-state index in [1.807, 2.05) is 0 Å². The van der Waals surface area contributed by atoms with E-state index < -0.39 is 5.60 Å². The summed E-state index contributed by atoms with van der Waals surface area (Å²) in [5, 5.41) is 9.18. The van der Waals surface area contributed by atoms with Crippen molar-refractivity contribution in [3.63, 3.8) is 0 Å². The van der Waals surface area contributed by atoms with E-state index in [2.05, 4.69) is 0 Å². The molecule has 1 aliphatic heterocycles. The van der Waals surface area contributed by atoms with Crippen LogP contribution in [-0.2, 0) is 19.1 Å². The number of ether oxygens (including phenoxy) is 2. The third kappa shape index (κ3) is 5.57. The van der Waals surface area contributed by atoms with Gasteiger partial charge in [0.2, 0.25) is 5.91 Å². The molecule has 0 bridgehead atoms. The summed E-state index contributed by atoms with van der Waals surface area (Å²) >= 11 is 0. The first kappa shape index (κ1) is 15.9. The van der Waals surface area contributed by atoms with Crippen molar-refractivity contribution in [2.24, 2.45) is 0 Å². The first-order valence-electron chi connectivity index (χ1n) is 6.53. The van der Waals surface area contributed by atoms with E-state index >= 15 is 0 Å². The van der Waals surface area contributed by atoms with Crippen LogP contribution in [0.1, 0.15) is 33.6 Å². The molecule has 1 aliphatic rings. The van der Waals surface area contributed by atoms with Gasteiger partial charge in [-0.05, 0) is 20.8 Å². The molecule has 1 rings (SSSR count). The van der Waals surface area contributed by atoms with Crippen molar-refractivity contribution < 1.29 is 24.2 Å². The van der Waals surface area contributed by atoms with Gasteiger partial charge in [-0.25, -0.2) is 0 Å². The number of hydrogen-bond donors (Lipinski definition) is 1. The van der Waals surface area contributed by atoms with E-state index in [4.69, 9.17) is 9.47 Å². The van der Waals surface area contributed by atoms with E-state index in [1.54, 1.807) is 25.7 Å². The summed E-state index contributed by atoms with van der Waals surface area (Å²) in [6, 6.07) is -0.306. The molecule has 1 N–H and O–H groups in total. The first-order valence-corrected chi connectivity index (χ1v) is 6.53. The molecule has 0 saturated carbocycles. The molecule has 0 aromatic heterocycles. The fraction of sp³-hybridized carbons (Fsp3) is 0.846. The van der Waals surface area contributed by atoms with Crippen molar-refractivity contribution in [2.45, 2.75) is 45.3 Å². The van der Waals surface area contributed by atoms with Crippen LogP contribution in [0.3, 0.4) is 0 Å². The van der Waals surface area contributed by atoms with Crippen LogP contribution >= 0.6 is 0 Å². The zero-order valence-electron chi connectivity index (χ0n) is 11.8. The second-order valence-corrected chi connectivity index (χ2v) is 5.58. The lowest BCUT2D eigenvalue weighted by atomic mass is 10.1. The Balaban J connectivity index is 2.39. The summed E-state index contributed by atoms with van der Waals surface area (Å²) in [6.07, 6.45) is 0.164. The molecule has 110 valence electrons. The van der Waals surface area contributed by atoms with Crippen LogP contribution in [0.4, 0.5) is 0 Å². The average Bonchev–Trinajstić information content (AvgIpc) is 2.33. The standard InChI is InChI=1S/C13H23NO5/c1-13(2,3)19-12(17)5-4-11(16)14-6-7-18-9-10(14)8-15/h10,15H,4-9H2,1-3H3. The monoisotopic (exact) mass is 273 g/mol. The highest BCUT2D eigenvalue weighted by atomic mass is 16.6. The van der Waals surface area contributed by atoms with Crippen LogP contribution in [0.25, 0.3) is 0 Å². The van der Waals surface area contributed by atoms with Gasteiger partial charge in [0.25, 0.3) is 0 Å². The zero-order valence-corrected chi connectivity index (χ0v) is 11.8. The van der Waals surface area contributed by atoms with Crippen molar-refractivity contribution in [3.8, 4) is 0 Å². The molecule has 0 aliphatic carbocycles. The Labute approximate surface area is 113 Å². The van der Waals surface area contributed by atoms with Gasteiger partial charge in [-0.2, -0.15) is 0 Å². The van der Waals surface area contributed by atoms with Gasteiger partial charge in [-0.3, -0.25) is 9.59 Å². The van der Waals surface area contributed by atoms with Gasteiger partial charge in [0.15, 0.2) is 0 Å². The van der Waals surface area contributed by atoms with Crippen molar-refractivity contribution >= 4 is 11.9 Å². The smallest absolute Gasteiger partial charge is 0.306 e. The minimum Gasteiger partial charge on any atom is -0.460 e. The highest BCUT2D eigenvalue weighted by molar-refractivity contribution is 5.81. The lowest BCUT2D eigenvalue weighted by Gasteiger charge is -2.34. The predicted octanol–water partition coefficient (Wildman–Crippen LogP) is 0.328. The van der Waals surface area contributed by atoms with Crippen LogP contribution in [0.5, 0.6) is 0 Å². The second-order valence-electron chi connectivity index (χ2n) is 5.58. The second kappa shape index (κ2) is 6.86. The summed E-state index contributed by atoms with van der Waals surface area (Å²) < 4.78 is 10.3. The van der Waals surface area contributed by atoms with Gasteiger partial charge < -0.3 is 19.5 Å².